The van der Waals surface area contributed by atoms with Crippen molar-refractivity contribution >= 4 is 35.0 Å². The van der Waals surface area contributed by atoms with Gasteiger partial charge in [-0.2, -0.15) is 0 Å². The molecule has 2 heterocycles. The molecule has 4 heteroatoms. The molecule has 0 saturated heterocycles. The first-order valence-corrected chi connectivity index (χ1v) is 5.33. The molecule has 0 aliphatic heterocycles. The van der Waals surface area contributed by atoms with Crippen molar-refractivity contribution in [1.29, 1.82) is 0 Å². The molecular formula is C6H5NOSSe. The van der Waals surface area contributed by atoms with E-state index in [0.717, 1.165) is 4.70 Å². The van der Waals surface area contributed by atoms with Gasteiger partial charge in [-0.15, -0.1) is 0 Å². The maximum atomic E-state index is 11.2. The fourth-order valence-corrected chi connectivity index (χ4v) is 4.05. The molecule has 0 atom stereocenters. The van der Waals surface area contributed by atoms with Crippen LogP contribution in [0.2, 0.25) is 0 Å². The summed E-state index contributed by atoms with van der Waals surface area (Å²) in [5, 5.41) is 1.98. The van der Waals surface area contributed by atoms with Gasteiger partial charge in [-0.3, -0.25) is 0 Å². The first kappa shape index (κ1) is 6.40. The quantitative estimate of drug-likeness (QED) is 0.595. The van der Waals surface area contributed by atoms with Crippen molar-refractivity contribution in [2.45, 2.75) is 0 Å². The van der Waals surface area contributed by atoms with E-state index in [0.29, 0.717) is 0 Å². The van der Waals surface area contributed by atoms with Gasteiger partial charge in [0.1, 0.15) is 0 Å². The third-order valence-electron chi connectivity index (χ3n) is 1.34. The second-order valence-corrected chi connectivity index (χ2v) is 5.38. The van der Waals surface area contributed by atoms with Gasteiger partial charge in [-0.25, -0.2) is 0 Å². The van der Waals surface area contributed by atoms with Crippen molar-refractivity contribution in [3.05, 3.63) is 21.8 Å². The molecule has 0 saturated carbocycles. The number of fused-ring (bicyclic) bond motifs is 1. The van der Waals surface area contributed by atoms with E-state index in [1.54, 1.807) is 14.9 Å². The van der Waals surface area contributed by atoms with Gasteiger partial charge in [-0.1, -0.05) is 0 Å². The van der Waals surface area contributed by atoms with Crippen LogP contribution < -0.4 is 5.56 Å². The van der Waals surface area contributed by atoms with Crippen LogP contribution in [0.3, 0.4) is 0 Å². The predicted octanol–water partition coefficient (Wildman–Crippen LogP) is 0.657. The number of nitrogens with zero attached hydrogens (tertiary/aromatic N) is 1. The molecule has 0 spiro atoms. The minimum atomic E-state index is 0.199. The predicted molar refractivity (Wildman–Crippen MR) is 44.0 cm³/mol. The fraction of sp³-hybridized carbons (Fsp3) is 0.167. The molecule has 0 fully saturated rings. The van der Waals surface area contributed by atoms with Gasteiger partial charge in [0.05, 0.1) is 0 Å². The molecule has 0 bridgehead atoms. The molecule has 0 aliphatic carbocycles. The Morgan fingerprint density at radius 3 is 3.20 bits per heavy atom. The van der Waals surface area contributed by atoms with E-state index in [-0.39, 0.29) is 20.3 Å². The molecule has 2 aromatic rings. The summed E-state index contributed by atoms with van der Waals surface area (Å²) in [6.45, 7) is 0. The van der Waals surface area contributed by atoms with Gasteiger partial charge >= 0.3 is 67.4 Å². The average Bonchev–Trinajstić information content (AvgIpc) is 2.41. The molecule has 0 unspecified atom stereocenters. The van der Waals surface area contributed by atoms with Crippen LogP contribution in [0.4, 0.5) is 0 Å². The zero-order valence-electron chi connectivity index (χ0n) is 5.33. The first-order chi connectivity index (χ1) is 4.79. The Labute approximate surface area is 67.7 Å². The average molecular weight is 218 g/mol. The van der Waals surface area contributed by atoms with Crippen LogP contribution in [0.1, 0.15) is 0 Å². The van der Waals surface area contributed by atoms with Gasteiger partial charge in [0, 0.05) is 0 Å². The zero-order valence-corrected chi connectivity index (χ0v) is 7.86. The van der Waals surface area contributed by atoms with Crippen molar-refractivity contribution in [2.24, 2.45) is 7.05 Å². The Bertz CT molecular complexity index is 410. The number of hydrogen-bond acceptors (Lipinski definition) is 2. The third-order valence-corrected chi connectivity index (χ3v) is 4.59. The van der Waals surface area contributed by atoms with Crippen molar-refractivity contribution in [3.8, 4) is 0 Å². The standard InChI is InChI=1S/C6H5NOSSe/c1-7-6(8)5-4(10-7)2-3-9-5/h2-3H,1H3. The summed E-state index contributed by atoms with van der Waals surface area (Å²) >= 11 is 1.80. The van der Waals surface area contributed by atoms with Crippen molar-refractivity contribution in [1.82, 2.24) is 3.56 Å². The monoisotopic (exact) mass is 219 g/mol. The summed E-state index contributed by atoms with van der Waals surface area (Å²) < 4.78 is 3.99. The summed E-state index contributed by atoms with van der Waals surface area (Å²) in [5.41, 5.74) is 0.199. The molecule has 0 aromatic carbocycles. The fourth-order valence-electron chi connectivity index (χ4n) is 0.857. The molecular weight excluding hydrogens is 213 g/mol. The van der Waals surface area contributed by atoms with Gasteiger partial charge in [-0.05, 0) is 0 Å². The van der Waals surface area contributed by atoms with Crippen LogP contribution in [0.15, 0.2) is 16.2 Å². The molecule has 0 N–H and O–H groups in total. The van der Waals surface area contributed by atoms with Gasteiger partial charge < -0.3 is 0 Å². The van der Waals surface area contributed by atoms with Crippen LogP contribution in [-0.4, -0.2) is 18.3 Å². The van der Waals surface area contributed by atoms with E-state index in [1.165, 1.54) is 4.26 Å². The Hall–Kier alpha value is -0.311. The first-order valence-electron chi connectivity index (χ1n) is 2.82. The Morgan fingerprint density at radius 1 is 1.70 bits per heavy atom. The van der Waals surface area contributed by atoms with Crippen LogP contribution in [0.5, 0.6) is 0 Å². The normalized spacial score (nSPS) is 10.9. The number of aromatic nitrogens is 1. The number of thiophene rings is 1. The molecule has 0 aliphatic rings. The van der Waals surface area contributed by atoms with Crippen LogP contribution in [0, 0.1) is 0 Å². The van der Waals surface area contributed by atoms with Crippen molar-refractivity contribution in [3.63, 3.8) is 0 Å². The number of aryl methyl sites for hydroxylation is 1. The van der Waals surface area contributed by atoms with Gasteiger partial charge in [0.2, 0.25) is 0 Å². The summed E-state index contributed by atoms with van der Waals surface area (Å²) in [4.78, 5) is 11.2. The second kappa shape index (κ2) is 2.09. The topological polar surface area (TPSA) is 22.0 Å². The van der Waals surface area contributed by atoms with E-state index in [9.17, 15) is 4.79 Å². The summed E-state index contributed by atoms with van der Waals surface area (Å²) in [6.07, 6.45) is 0. The Morgan fingerprint density at radius 2 is 2.50 bits per heavy atom. The van der Waals surface area contributed by atoms with E-state index in [2.05, 4.69) is 0 Å². The Kier molecular flexibility index (Phi) is 1.34. The third kappa shape index (κ3) is 0.731. The molecule has 2 aromatic heterocycles. The van der Waals surface area contributed by atoms with Gasteiger partial charge in [0.25, 0.3) is 0 Å². The van der Waals surface area contributed by atoms with E-state index in [1.807, 2.05) is 18.5 Å². The molecule has 52 valence electrons. The summed E-state index contributed by atoms with van der Waals surface area (Å²) in [5.74, 6) is 0. The van der Waals surface area contributed by atoms with E-state index >= 15 is 0 Å². The second-order valence-electron chi connectivity index (χ2n) is 2.01. The zero-order chi connectivity index (χ0) is 7.14. The molecule has 2 rings (SSSR count). The Balaban J connectivity index is 3.09. The van der Waals surface area contributed by atoms with Crippen LogP contribution in [0.25, 0.3) is 8.96 Å². The number of rotatable bonds is 0. The van der Waals surface area contributed by atoms with Crippen LogP contribution >= 0.6 is 11.3 Å². The molecule has 0 amide bonds. The summed E-state index contributed by atoms with van der Waals surface area (Å²) in [6, 6.07) is 2.04. The van der Waals surface area contributed by atoms with E-state index < -0.39 is 0 Å². The SMILES string of the molecule is Cn1[se]c2ccsc2c1=O. The number of hydrogen-bond donors (Lipinski definition) is 0. The van der Waals surface area contributed by atoms with Gasteiger partial charge in [0.15, 0.2) is 0 Å². The van der Waals surface area contributed by atoms with Crippen molar-refractivity contribution < 1.29 is 0 Å². The van der Waals surface area contributed by atoms with E-state index in [4.69, 9.17) is 0 Å². The summed E-state index contributed by atoms with van der Waals surface area (Å²) in [7, 11) is 1.86. The van der Waals surface area contributed by atoms with Crippen molar-refractivity contribution in [2.75, 3.05) is 0 Å². The maximum absolute atomic E-state index is 11.2. The molecule has 2 nitrogen and oxygen atoms in total. The molecule has 0 radical (unpaired) electrons. The van der Waals surface area contributed by atoms with Crippen LogP contribution in [-0.2, 0) is 7.05 Å². The minimum absolute atomic E-state index is 0.199. The molecule has 10 heavy (non-hydrogen) atoms.